The van der Waals surface area contributed by atoms with Gasteiger partial charge in [0, 0.05) is 26.3 Å². The van der Waals surface area contributed by atoms with Crippen molar-refractivity contribution in [2.75, 3.05) is 20.3 Å². The summed E-state index contributed by atoms with van der Waals surface area (Å²) in [6, 6.07) is 0.101. The van der Waals surface area contributed by atoms with Crippen LogP contribution < -0.4 is 0 Å². The summed E-state index contributed by atoms with van der Waals surface area (Å²) in [5.41, 5.74) is -0.0166. The molecule has 0 radical (unpaired) electrons. The first kappa shape index (κ1) is 14.3. The molecule has 1 aliphatic heterocycles. The van der Waals surface area contributed by atoms with Crippen molar-refractivity contribution in [1.82, 2.24) is 4.90 Å². The second-order valence-electron chi connectivity index (χ2n) is 5.97. The van der Waals surface area contributed by atoms with Gasteiger partial charge >= 0.3 is 6.09 Å². The van der Waals surface area contributed by atoms with Gasteiger partial charge in [-0.3, -0.25) is 0 Å². The summed E-state index contributed by atoms with van der Waals surface area (Å²) in [4.78, 5) is 13.0. The van der Waals surface area contributed by atoms with Crippen LogP contribution in [0.25, 0.3) is 0 Å². The molecule has 0 bridgehead atoms. The Balaban J connectivity index is 2.83. The summed E-state index contributed by atoms with van der Waals surface area (Å²) in [5.74, 6) is 0.416. The minimum Gasteiger partial charge on any atom is -0.465 e. The minimum absolute atomic E-state index is 0.0166. The molecule has 4 nitrogen and oxygen atoms in total. The zero-order chi connectivity index (χ0) is 13.1. The lowest BCUT2D eigenvalue weighted by Crippen LogP contribution is -2.54. The van der Waals surface area contributed by atoms with Gasteiger partial charge in [0.1, 0.15) is 0 Å². The Morgan fingerprint density at radius 1 is 1.47 bits per heavy atom. The van der Waals surface area contributed by atoms with E-state index < -0.39 is 6.09 Å². The van der Waals surface area contributed by atoms with E-state index in [1.54, 1.807) is 12.0 Å². The summed E-state index contributed by atoms with van der Waals surface area (Å²) in [6.45, 7) is 7.75. The Hall–Kier alpha value is -0.770. The number of carbonyl (C=O) groups is 1. The molecule has 0 aromatic heterocycles. The zero-order valence-corrected chi connectivity index (χ0v) is 11.4. The molecule has 1 rings (SSSR count). The quantitative estimate of drug-likeness (QED) is 0.829. The maximum Gasteiger partial charge on any atom is 0.407 e. The molecule has 0 spiro atoms. The standard InChI is InChI=1S/C13H25NO3/c1-13(2,3)11-10(7-9-17-4)6-5-8-14(11)12(15)16/h10-11H,5-9H2,1-4H3,(H,15,16)/t10?,11-/m0/s1. The van der Waals surface area contributed by atoms with Gasteiger partial charge in [-0.25, -0.2) is 4.79 Å². The van der Waals surface area contributed by atoms with Gasteiger partial charge in [-0.1, -0.05) is 20.8 Å². The van der Waals surface area contributed by atoms with E-state index >= 15 is 0 Å². The van der Waals surface area contributed by atoms with Crippen molar-refractivity contribution in [2.45, 2.75) is 46.1 Å². The van der Waals surface area contributed by atoms with Gasteiger partial charge in [-0.15, -0.1) is 0 Å². The number of methoxy groups -OCH3 is 1. The zero-order valence-electron chi connectivity index (χ0n) is 11.4. The lowest BCUT2D eigenvalue weighted by molar-refractivity contribution is 0.0119. The van der Waals surface area contributed by atoms with E-state index in [-0.39, 0.29) is 11.5 Å². The highest BCUT2D eigenvalue weighted by Crippen LogP contribution is 2.37. The maximum atomic E-state index is 11.3. The van der Waals surface area contributed by atoms with Crippen molar-refractivity contribution in [2.24, 2.45) is 11.3 Å². The number of piperidine rings is 1. The molecule has 4 heteroatoms. The summed E-state index contributed by atoms with van der Waals surface area (Å²) in [7, 11) is 1.70. The molecule has 1 aliphatic rings. The molecule has 0 aliphatic carbocycles. The molecule has 0 saturated carbocycles. The maximum absolute atomic E-state index is 11.3. The molecule has 17 heavy (non-hydrogen) atoms. The van der Waals surface area contributed by atoms with Gasteiger partial charge < -0.3 is 14.7 Å². The third kappa shape index (κ3) is 3.60. The lowest BCUT2D eigenvalue weighted by Gasteiger charge is -2.47. The summed E-state index contributed by atoms with van der Waals surface area (Å²) in [5, 5.41) is 9.31. The molecule has 1 fully saturated rings. The monoisotopic (exact) mass is 243 g/mol. The van der Waals surface area contributed by atoms with Gasteiger partial charge in [0.15, 0.2) is 0 Å². The van der Waals surface area contributed by atoms with Crippen molar-refractivity contribution in [3.8, 4) is 0 Å². The Bertz CT molecular complexity index is 260. The van der Waals surface area contributed by atoms with Crippen LogP contribution in [0.1, 0.15) is 40.0 Å². The van der Waals surface area contributed by atoms with E-state index in [0.29, 0.717) is 19.1 Å². The van der Waals surface area contributed by atoms with Crippen molar-refractivity contribution >= 4 is 6.09 Å². The van der Waals surface area contributed by atoms with Gasteiger partial charge in [0.05, 0.1) is 0 Å². The summed E-state index contributed by atoms with van der Waals surface area (Å²) in [6.07, 6.45) is 2.23. The van der Waals surface area contributed by atoms with Crippen LogP contribution in [0.5, 0.6) is 0 Å². The summed E-state index contributed by atoms with van der Waals surface area (Å²) >= 11 is 0. The van der Waals surface area contributed by atoms with Gasteiger partial charge in [-0.2, -0.15) is 0 Å². The Morgan fingerprint density at radius 3 is 2.59 bits per heavy atom. The summed E-state index contributed by atoms with van der Waals surface area (Å²) < 4.78 is 5.14. The first-order valence-electron chi connectivity index (χ1n) is 6.36. The smallest absolute Gasteiger partial charge is 0.407 e. The van der Waals surface area contributed by atoms with Crippen LogP contribution in [-0.2, 0) is 4.74 Å². The third-order valence-corrected chi connectivity index (χ3v) is 3.58. The lowest BCUT2D eigenvalue weighted by atomic mass is 9.73. The molecular weight excluding hydrogens is 218 g/mol. The third-order valence-electron chi connectivity index (χ3n) is 3.58. The second kappa shape index (κ2) is 5.71. The number of hydrogen-bond donors (Lipinski definition) is 1. The number of likely N-dealkylation sites (tertiary alicyclic amines) is 1. The van der Waals surface area contributed by atoms with E-state index in [0.717, 1.165) is 19.3 Å². The highest BCUT2D eigenvalue weighted by atomic mass is 16.5. The fourth-order valence-electron chi connectivity index (χ4n) is 3.04. The van der Waals surface area contributed by atoms with Gasteiger partial charge in [0.2, 0.25) is 0 Å². The van der Waals surface area contributed by atoms with Gasteiger partial charge in [0.25, 0.3) is 0 Å². The molecule has 1 unspecified atom stereocenters. The van der Waals surface area contributed by atoms with Crippen molar-refractivity contribution in [1.29, 1.82) is 0 Å². The fourth-order valence-corrected chi connectivity index (χ4v) is 3.04. The van der Waals surface area contributed by atoms with Crippen molar-refractivity contribution in [3.05, 3.63) is 0 Å². The van der Waals surface area contributed by atoms with Crippen LogP contribution in [-0.4, -0.2) is 42.4 Å². The average molecular weight is 243 g/mol. The molecule has 1 heterocycles. The number of carboxylic acid groups (broad SMARTS) is 1. The number of hydrogen-bond acceptors (Lipinski definition) is 2. The van der Waals surface area contributed by atoms with E-state index in [2.05, 4.69) is 20.8 Å². The van der Waals surface area contributed by atoms with Crippen LogP contribution in [0.15, 0.2) is 0 Å². The number of nitrogens with zero attached hydrogens (tertiary/aromatic N) is 1. The Kier molecular flexibility index (Phi) is 4.80. The first-order valence-corrected chi connectivity index (χ1v) is 6.36. The normalized spacial score (nSPS) is 26.0. The SMILES string of the molecule is COCCC1CCCN(C(=O)O)[C@@H]1C(C)(C)C. The molecule has 1 saturated heterocycles. The van der Waals surface area contributed by atoms with E-state index in [1.165, 1.54) is 0 Å². The Labute approximate surface area is 104 Å². The van der Waals surface area contributed by atoms with Crippen LogP contribution in [0.3, 0.4) is 0 Å². The van der Waals surface area contributed by atoms with Crippen molar-refractivity contribution < 1.29 is 14.6 Å². The van der Waals surface area contributed by atoms with E-state index in [4.69, 9.17) is 4.74 Å². The topological polar surface area (TPSA) is 49.8 Å². The highest BCUT2D eigenvalue weighted by molar-refractivity contribution is 5.65. The molecule has 2 atom stereocenters. The van der Waals surface area contributed by atoms with Crippen molar-refractivity contribution in [3.63, 3.8) is 0 Å². The molecular formula is C13H25NO3. The van der Waals surface area contributed by atoms with Crippen LogP contribution >= 0.6 is 0 Å². The van der Waals surface area contributed by atoms with E-state index in [9.17, 15) is 9.90 Å². The van der Waals surface area contributed by atoms with Crippen LogP contribution in [0, 0.1) is 11.3 Å². The molecule has 1 amide bonds. The Morgan fingerprint density at radius 2 is 2.12 bits per heavy atom. The number of rotatable bonds is 3. The molecule has 0 aromatic carbocycles. The number of amides is 1. The predicted molar refractivity (Wildman–Crippen MR) is 67.2 cm³/mol. The second-order valence-corrected chi connectivity index (χ2v) is 5.97. The molecule has 0 aromatic rings. The molecule has 1 N–H and O–H groups in total. The van der Waals surface area contributed by atoms with Gasteiger partial charge in [-0.05, 0) is 30.6 Å². The number of ether oxygens (including phenoxy) is 1. The van der Waals surface area contributed by atoms with Crippen LogP contribution in [0.2, 0.25) is 0 Å². The minimum atomic E-state index is -0.785. The first-order chi connectivity index (χ1) is 7.88. The highest BCUT2D eigenvalue weighted by Gasteiger charge is 2.41. The fraction of sp³-hybridized carbons (Fsp3) is 0.923. The average Bonchev–Trinajstić information content (AvgIpc) is 2.24. The molecule has 100 valence electrons. The van der Waals surface area contributed by atoms with Crippen LogP contribution in [0.4, 0.5) is 4.79 Å². The largest absolute Gasteiger partial charge is 0.465 e. The van der Waals surface area contributed by atoms with E-state index in [1.807, 2.05) is 0 Å². The predicted octanol–water partition coefficient (Wildman–Crippen LogP) is 2.83.